The van der Waals surface area contributed by atoms with Crippen LogP contribution in [0.1, 0.15) is 23.2 Å². The van der Waals surface area contributed by atoms with Gasteiger partial charge in [0.2, 0.25) is 5.91 Å². The molecule has 2 fully saturated rings. The molecule has 136 valence electrons. The van der Waals surface area contributed by atoms with Crippen molar-refractivity contribution < 1.29 is 14.0 Å². The summed E-state index contributed by atoms with van der Waals surface area (Å²) < 4.78 is 13.8. The lowest BCUT2D eigenvalue weighted by Gasteiger charge is -2.36. The highest BCUT2D eigenvalue weighted by Crippen LogP contribution is 2.26. The molecule has 2 aliphatic rings. The van der Waals surface area contributed by atoms with Crippen LogP contribution in [0.4, 0.5) is 10.1 Å². The minimum absolute atomic E-state index is 0.223. The van der Waals surface area contributed by atoms with Crippen LogP contribution < -0.4 is 10.6 Å². The first-order chi connectivity index (χ1) is 12.0. The van der Waals surface area contributed by atoms with E-state index in [0.29, 0.717) is 25.1 Å². The number of nitrogens with zero attached hydrogens (tertiary/aromatic N) is 3. The van der Waals surface area contributed by atoms with Gasteiger partial charge >= 0.3 is 0 Å². The number of likely N-dealkylation sites (N-methyl/N-ethyl adjacent to an activating group) is 1. The zero-order valence-corrected chi connectivity index (χ0v) is 14.6. The third kappa shape index (κ3) is 3.92. The Morgan fingerprint density at radius 3 is 2.56 bits per heavy atom. The minimum Gasteiger partial charge on any atom is -0.369 e. The second-order valence-electron chi connectivity index (χ2n) is 6.94. The molecule has 3 rings (SSSR count). The SMILES string of the molecule is CN1CCN(c2ccc(F)cc2C(=O)N2CCC[C@H](C(N)=O)C2)CC1. The van der Waals surface area contributed by atoms with Crippen LogP contribution >= 0.6 is 0 Å². The number of anilines is 1. The van der Waals surface area contributed by atoms with Gasteiger partial charge in [-0.15, -0.1) is 0 Å². The van der Waals surface area contributed by atoms with E-state index in [1.54, 1.807) is 11.0 Å². The highest BCUT2D eigenvalue weighted by Gasteiger charge is 2.30. The third-order valence-corrected chi connectivity index (χ3v) is 5.14. The van der Waals surface area contributed by atoms with Crippen LogP contribution in [0.2, 0.25) is 0 Å². The summed E-state index contributed by atoms with van der Waals surface area (Å²) in [4.78, 5) is 30.5. The Bertz CT molecular complexity index is 658. The largest absolute Gasteiger partial charge is 0.369 e. The van der Waals surface area contributed by atoms with Crippen LogP contribution in [0.5, 0.6) is 0 Å². The summed E-state index contributed by atoms with van der Waals surface area (Å²) in [5.74, 6) is -1.35. The molecular weight excluding hydrogens is 323 g/mol. The van der Waals surface area contributed by atoms with Gasteiger partial charge in [-0.2, -0.15) is 0 Å². The monoisotopic (exact) mass is 348 g/mol. The fourth-order valence-corrected chi connectivity index (χ4v) is 3.57. The summed E-state index contributed by atoms with van der Waals surface area (Å²) in [7, 11) is 2.06. The summed E-state index contributed by atoms with van der Waals surface area (Å²) in [6.07, 6.45) is 1.44. The maximum Gasteiger partial charge on any atom is 0.256 e. The molecule has 2 heterocycles. The van der Waals surface area contributed by atoms with Gasteiger partial charge in [-0.05, 0) is 38.1 Å². The standard InChI is InChI=1S/C18H25FN4O2/c1-21-7-9-22(10-8-21)16-5-4-14(19)11-15(16)18(25)23-6-2-3-13(12-23)17(20)24/h4-5,11,13H,2-3,6-10,12H2,1H3,(H2,20,24)/t13-/m0/s1. The molecule has 0 bridgehead atoms. The number of rotatable bonds is 3. The molecule has 1 aromatic rings. The summed E-state index contributed by atoms with van der Waals surface area (Å²) in [6.45, 7) is 4.28. The van der Waals surface area contributed by atoms with Crippen molar-refractivity contribution in [2.24, 2.45) is 11.7 Å². The molecule has 0 saturated carbocycles. The van der Waals surface area contributed by atoms with Crippen molar-refractivity contribution in [1.82, 2.24) is 9.80 Å². The van der Waals surface area contributed by atoms with Gasteiger partial charge in [0.05, 0.1) is 11.5 Å². The Hall–Kier alpha value is -2.15. The number of carbonyl (C=O) groups excluding carboxylic acids is 2. The molecule has 1 atom stereocenters. The molecule has 25 heavy (non-hydrogen) atoms. The van der Waals surface area contributed by atoms with Gasteiger partial charge < -0.3 is 20.4 Å². The fourth-order valence-electron chi connectivity index (χ4n) is 3.57. The number of likely N-dealkylation sites (tertiary alicyclic amines) is 1. The van der Waals surface area contributed by atoms with E-state index < -0.39 is 5.82 Å². The highest BCUT2D eigenvalue weighted by atomic mass is 19.1. The summed E-state index contributed by atoms with van der Waals surface area (Å²) in [6, 6.07) is 4.39. The predicted molar refractivity (Wildman–Crippen MR) is 93.9 cm³/mol. The number of carbonyl (C=O) groups is 2. The van der Waals surface area contributed by atoms with Crippen LogP contribution in [0.25, 0.3) is 0 Å². The first-order valence-electron chi connectivity index (χ1n) is 8.77. The molecule has 2 N–H and O–H groups in total. The van der Waals surface area contributed by atoms with Gasteiger partial charge in [0, 0.05) is 45.0 Å². The number of piperidine rings is 1. The van der Waals surface area contributed by atoms with E-state index in [4.69, 9.17) is 5.73 Å². The summed E-state index contributed by atoms with van der Waals surface area (Å²) in [5, 5.41) is 0. The van der Waals surface area contributed by atoms with Crippen molar-refractivity contribution in [2.75, 3.05) is 51.2 Å². The maximum absolute atomic E-state index is 13.8. The van der Waals surface area contributed by atoms with Crippen molar-refractivity contribution in [2.45, 2.75) is 12.8 Å². The number of hydrogen-bond acceptors (Lipinski definition) is 4. The predicted octanol–water partition coefficient (Wildman–Crippen LogP) is 0.915. The number of primary amides is 1. The van der Waals surface area contributed by atoms with Crippen LogP contribution in [-0.4, -0.2) is 67.9 Å². The molecule has 0 spiro atoms. The minimum atomic E-state index is -0.426. The molecule has 6 nitrogen and oxygen atoms in total. The van der Waals surface area contributed by atoms with E-state index in [1.165, 1.54) is 12.1 Å². The van der Waals surface area contributed by atoms with Gasteiger partial charge in [-0.3, -0.25) is 9.59 Å². The molecule has 7 heteroatoms. The number of halogens is 1. The van der Waals surface area contributed by atoms with Crippen LogP contribution in [0.15, 0.2) is 18.2 Å². The number of hydrogen-bond donors (Lipinski definition) is 1. The Morgan fingerprint density at radius 1 is 1.16 bits per heavy atom. The normalized spacial score (nSPS) is 22.1. The quantitative estimate of drug-likeness (QED) is 0.882. The van der Waals surface area contributed by atoms with Gasteiger partial charge in [-0.25, -0.2) is 4.39 Å². The summed E-state index contributed by atoms with van der Waals surface area (Å²) in [5.41, 5.74) is 6.54. The molecule has 0 unspecified atom stereocenters. The molecule has 1 aromatic carbocycles. The lowest BCUT2D eigenvalue weighted by Crippen LogP contribution is -2.46. The maximum atomic E-state index is 13.8. The third-order valence-electron chi connectivity index (χ3n) is 5.14. The smallest absolute Gasteiger partial charge is 0.256 e. The second-order valence-corrected chi connectivity index (χ2v) is 6.94. The van der Waals surface area contributed by atoms with Crippen molar-refractivity contribution in [3.05, 3.63) is 29.6 Å². The van der Waals surface area contributed by atoms with Crippen molar-refractivity contribution >= 4 is 17.5 Å². The Morgan fingerprint density at radius 2 is 1.88 bits per heavy atom. The van der Waals surface area contributed by atoms with Crippen molar-refractivity contribution in [3.8, 4) is 0 Å². The molecule has 0 aliphatic carbocycles. The molecular formula is C18H25FN4O2. The molecule has 0 radical (unpaired) electrons. The van der Waals surface area contributed by atoms with Gasteiger partial charge in [0.1, 0.15) is 5.82 Å². The first kappa shape index (κ1) is 17.7. The Balaban J connectivity index is 1.84. The number of piperazine rings is 1. The highest BCUT2D eigenvalue weighted by molar-refractivity contribution is 6.00. The lowest BCUT2D eigenvalue weighted by atomic mass is 9.96. The van der Waals surface area contributed by atoms with Crippen molar-refractivity contribution in [1.29, 1.82) is 0 Å². The second kappa shape index (κ2) is 7.39. The fraction of sp³-hybridized carbons (Fsp3) is 0.556. The molecule has 2 saturated heterocycles. The van der Waals surface area contributed by atoms with Crippen LogP contribution in [0, 0.1) is 11.7 Å². The number of nitrogens with two attached hydrogens (primary N) is 1. The molecule has 2 amide bonds. The zero-order valence-electron chi connectivity index (χ0n) is 14.6. The number of amides is 2. The van der Waals surface area contributed by atoms with Crippen molar-refractivity contribution in [3.63, 3.8) is 0 Å². The van der Waals surface area contributed by atoms with Crippen LogP contribution in [0.3, 0.4) is 0 Å². The van der Waals surface area contributed by atoms with Crippen LogP contribution in [-0.2, 0) is 4.79 Å². The van der Waals surface area contributed by atoms with E-state index in [0.717, 1.165) is 38.3 Å². The lowest BCUT2D eigenvalue weighted by molar-refractivity contribution is -0.123. The first-order valence-corrected chi connectivity index (χ1v) is 8.77. The number of benzene rings is 1. The van der Waals surface area contributed by atoms with E-state index in [-0.39, 0.29) is 17.7 Å². The molecule has 2 aliphatic heterocycles. The van der Waals surface area contributed by atoms with E-state index in [9.17, 15) is 14.0 Å². The van der Waals surface area contributed by atoms with Gasteiger partial charge in [0.25, 0.3) is 5.91 Å². The van der Waals surface area contributed by atoms with E-state index >= 15 is 0 Å². The average molecular weight is 348 g/mol. The van der Waals surface area contributed by atoms with E-state index in [1.807, 2.05) is 0 Å². The summed E-state index contributed by atoms with van der Waals surface area (Å²) >= 11 is 0. The Labute approximate surface area is 147 Å². The van der Waals surface area contributed by atoms with Gasteiger partial charge in [0.15, 0.2) is 0 Å². The Kier molecular flexibility index (Phi) is 5.22. The zero-order chi connectivity index (χ0) is 18.0. The van der Waals surface area contributed by atoms with Gasteiger partial charge in [-0.1, -0.05) is 0 Å². The molecule has 0 aromatic heterocycles. The average Bonchev–Trinajstić information content (AvgIpc) is 2.62. The topological polar surface area (TPSA) is 69.9 Å². The van der Waals surface area contributed by atoms with E-state index in [2.05, 4.69) is 16.8 Å².